The van der Waals surface area contributed by atoms with Crippen LogP contribution in [0.3, 0.4) is 0 Å². The molecule has 0 radical (unpaired) electrons. The molecule has 1 aliphatic rings. The number of fused-ring (bicyclic) bond motifs is 1. The number of aromatic nitrogens is 2. The lowest BCUT2D eigenvalue weighted by Crippen LogP contribution is -2.33. The Hall–Kier alpha value is -2.61. The normalized spacial score (nSPS) is 16.5. The summed E-state index contributed by atoms with van der Waals surface area (Å²) < 4.78 is 0.243. The van der Waals surface area contributed by atoms with Crippen molar-refractivity contribution in [3.8, 4) is 0 Å². The van der Waals surface area contributed by atoms with Crippen LogP contribution in [0.5, 0.6) is 0 Å². The highest BCUT2D eigenvalue weighted by atomic mass is 32.1. The molecule has 2 aromatic rings. The number of benzene rings is 1. The number of aliphatic imine (C=N–C) groups is 1. The van der Waals surface area contributed by atoms with Gasteiger partial charge in [-0.25, -0.2) is 4.99 Å². The highest BCUT2D eigenvalue weighted by Gasteiger charge is 2.26. The highest BCUT2D eigenvalue weighted by Crippen LogP contribution is 2.31. The molecule has 0 amide bonds. The van der Waals surface area contributed by atoms with Crippen molar-refractivity contribution in [2.24, 2.45) is 10.7 Å². The van der Waals surface area contributed by atoms with Crippen LogP contribution in [0.2, 0.25) is 0 Å². The molecule has 3 rings (SSSR count). The molecule has 0 fully saturated rings. The first-order valence-corrected chi connectivity index (χ1v) is 7.10. The fraction of sp³-hybridized carbons (Fsp3) is 0.214. The number of rotatable bonds is 2. The molecule has 1 atom stereocenters. The Morgan fingerprint density at radius 2 is 1.91 bits per heavy atom. The summed E-state index contributed by atoms with van der Waals surface area (Å²) in [5.41, 5.74) is 7.97. The van der Waals surface area contributed by atoms with Crippen molar-refractivity contribution < 1.29 is 0 Å². The molecule has 22 heavy (non-hydrogen) atoms. The first-order valence-electron chi connectivity index (χ1n) is 6.70. The molecule has 0 aliphatic carbocycles. The van der Waals surface area contributed by atoms with Crippen molar-refractivity contribution in [3.63, 3.8) is 0 Å². The molecule has 1 unspecified atom stereocenters. The van der Waals surface area contributed by atoms with Crippen LogP contribution >= 0.6 is 12.2 Å². The third kappa shape index (κ3) is 2.48. The number of nitrogens with one attached hydrogen (secondary N) is 3. The summed E-state index contributed by atoms with van der Waals surface area (Å²) in [6.45, 7) is 0. The van der Waals surface area contributed by atoms with Crippen LogP contribution in [0.15, 0.2) is 34.1 Å². The van der Waals surface area contributed by atoms with Gasteiger partial charge in [-0.1, -0.05) is 12.1 Å². The Labute approximate surface area is 131 Å². The maximum Gasteiger partial charge on any atom is 0.259 e. The van der Waals surface area contributed by atoms with Crippen LogP contribution in [0, 0.1) is 4.77 Å². The van der Waals surface area contributed by atoms with E-state index in [1.807, 2.05) is 43.3 Å². The molecule has 0 spiro atoms. The first kappa shape index (κ1) is 14.3. The average Bonchev–Trinajstić information content (AvgIpc) is 2.45. The molecule has 5 N–H and O–H groups in total. The molecular weight excluding hydrogens is 300 g/mol. The second-order valence-corrected chi connectivity index (χ2v) is 5.63. The van der Waals surface area contributed by atoms with Gasteiger partial charge < -0.3 is 20.9 Å². The van der Waals surface area contributed by atoms with E-state index in [-0.39, 0.29) is 16.3 Å². The molecule has 1 aromatic heterocycles. The minimum atomic E-state index is -0.469. The largest absolute Gasteiger partial charge is 0.378 e. The number of H-pyrrole nitrogens is 2. The Morgan fingerprint density at radius 3 is 2.55 bits per heavy atom. The third-order valence-corrected chi connectivity index (χ3v) is 3.70. The number of aromatic amines is 2. The Balaban J connectivity index is 2.13. The van der Waals surface area contributed by atoms with E-state index in [9.17, 15) is 4.79 Å². The molecular formula is C14H16N6OS. The quantitative estimate of drug-likeness (QED) is 0.626. The van der Waals surface area contributed by atoms with Gasteiger partial charge >= 0.3 is 0 Å². The zero-order valence-electron chi connectivity index (χ0n) is 12.2. The van der Waals surface area contributed by atoms with Gasteiger partial charge in [-0.05, 0) is 29.9 Å². The fourth-order valence-corrected chi connectivity index (χ4v) is 2.61. The van der Waals surface area contributed by atoms with Crippen molar-refractivity contribution in [1.29, 1.82) is 0 Å². The van der Waals surface area contributed by atoms with Gasteiger partial charge in [-0.15, -0.1) is 0 Å². The number of nitrogens with two attached hydrogens (primary N) is 1. The number of guanidine groups is 1. The van der Waals surface area contributed by atoms with Gasteiger partial charge in [0.1, 0.15) is 11.9 Å². The van der Waals surface area contributed by atoms with Crippen LogP contribution in [0.1, 0.15) is 17.2 Å². The predicted octanol–water partition coefficient (Wildman–Crippen LogP) is 1.33. The average molecular weight is 316 g/mol. The van der Waals surface area contributed by atoms with E-state index in [2.05, 4.69) is 20.3 Å². The molecule has 2 heterocycles. The SMILES string of the molecule is CN(C)c1ccc(C2N=C(N)Nc3[nH]c(=S)[nH]c(=O)c32)cc1. The van der Waals surface area contributed by atoms with Gasteiger partial charge in [0.2, 0.25) is 0 Å². The van der Waals surface area contributed by atoms with Crippen molar-refractivity contribution in [2.45, 2.75) is 6.04 Å². The highest BCUT2D eigenvalue weighted by molar-refractivity contribution is 7.71. The van der Waals surface area contributed by atoms with E-state index >= 15 is 0 Å². The maximum absolute atomic E-state index is 12.2. The summed E-state index contributed by atoms with van der Waals surface area (Å²) in [6, 6.07) is 7.35. The molecule has 1 aromatic carbocycles. The van der Waals surface area contributed by atoms with Gasteiger partial charge in [0.05, 0.1) is 5.56 Å². The lowest BCUT2D eigenvalue weighted by molar-refractivity contribution is 0.821. The van der Waals surface area contributed by atoms with Crippen LogP contribution in [-0.4, -0.2) is 30.0 Å². The minimum absolute atomic E-state index is 0.241. The van der Waals surface area contributed by atoms with Gasteiger partial charge in [-0.3, -0.25) is 9.78 Å². The topological polar surface area (TPSA) is 102 Å². The molecule has 7 nitrogen and oxygen atoms in total. The van der Waals surface area contributed by atoms with Crippen LogP contribution < -0.4 is 21.5 Å². The maximum atomic E-state index is 12.2. The van der Waals surface area contributed by atoms with Gasteiger partial charge in [0, 0.05) is 19.8 Å². The van der Waals surface area contributed by atoms with Gasteiger partial charge in [0.25, 0.3) is 5.56 Å². The van der Waals surface area contributed by atoms with Gasteiger partial charge in [0.15, 0.2) is 10.7 Å². The summed E-state index contributed by atoms with van der Waals surface area (Å²) in [4.78, 5) is 24.1. The monoisotopic (exact) mass is 316 g/mol. The summed E-state index contributed by atoms with van der Waals surface area (Å²) in [6.07, 6.45) is 0. The summed E-state index contributed by atoms with van der Waals surface area (Å²) >= 11 is 4.99. The third-order valence-electron chi connectivity index (χ3n) is 3.50. The Morgan fingerprint density at radius 1 is 1.23 bits per heavy atom. The van der Waals surface area contributed by atoms with Crippen LogP contribution in [-0.2, 0) is 0 Å². The predicted molar refractivity (Wildman–Crippen MR) is 90.1 cm³/mol. The van der Waals surface area contributed by atoms with Crippen molar-refractivity contribution in [1.82, 2.24) is 9.97 Å². The molecule has 0 saturated heterocycles. The first-order chi connectivity index (χ1) is 10.5. The second-order valence-electron chi connectivity index (χ2n) is 5.22. The van der Waals surface area contributed by atoms with Crippen LogP contribution in [0.4, 0.5) is 11.5 Å². The minimum Gasteiger partial charge on any atom is -0.378 e. The summed E-state index contributed by atoms with van der Waals surface area (Å²) in [5.74, 6) is 0.730. The van der Waals surface area contributed by atoms with E-state index in [0.717, 1.165) is 11.3 Å². The zero-order valence-corrected chi connectivity index (χ0v) is 13.0. The lowest BCUT2D eigenvalue weighted by Gasteiger charge is -2.23. The van der Waals surface area contributed by atoms with Crippen molar-refractivity contribution >= 4 is 29.7 Å². The molecule has 114 valence electrons. The molecule has 0 bridgehead atoms. The second kappa shape index (κ2) is 5.30. The lowest BCUT2D eigenvalue weighted by atomic mass is 9.99. The fourth-order valence-electron chi connectivity index (χ4n) is 2.42. The number of anilines is 2. The number of hydrogen-bond acceptors (Lipinski definition) is 6. The molecule has 1 aliphatic heterocycles. The van der Waals surface area contributed by atoms with Crippen molar-refractivity contribution in [3.05, 3.63) is 50.5 Å². The number of hydrogen-bond donors (Lipinski definition) is 4. The molecule has 8 heteroatoms. The van der Waals surface area contributed by atoms with Crippen LogP contribution in [0.25, 0.3) is 0 Å². The van der Waals surface area contributed by atoms with E-state index in [0.29, 0.717) is 11.4 Å². The smallest absolute Gasteiger partial charge is 0.259 e. The van der Waals surface area contributed by atoms with E-state index in [1.165, 1.54) is 0 Å². The zero-order chi connectivity index (χ0) is 15.9. The Bertz CT molecular complexity index is 849. The van der Waals surface area contributed by atoms with E-state index in [1.54, 1.807) is 0 Å². The Kier molecular flexibility index (Phi) is 3.45. The van der Waals surface area contributed by atoms with Crippen molar-refractivity contribution in [2.75, 3.05) is 24.3 Å². The van der Waals surface area contributed by atoms with Gasteiger partial charge in [-0.2, -0.15) is 0 Å². The van der Waals surface area contributed by atoms with E-state index in [4.69, 9.17) is 18.0 Å². The molecule has 0 saturated carbocycles. The number of nitrogens with zero attached hydrogens (tertiary/aromatic N) is 2. The standard InChI is InChI=1S/C14H16N6OS/c1-20(2)8-5-3-7(4-6-8)10-9-11(17-13(15)16-10)18-14(22)19-12(9)21/h3-6,10H,1-2H3,(H5,15,16,17,18,19,21,22). The summed E-state index contributed by atoms with van der Waals surface area (Å²) in [7, 11) is 3.94. The van der Waals surface area contributed by atoms with E-state index < -0.39 is 6.04 Å². The summed E-state index contributed by atoms with van der Waals surface area (Å²) in [5, 5.41) is 2.85.